The molecule has 3 unspecified atom stereocenters. The maximum absolute atomic E-state index is 6.36. The number of hydrogen-bond acceptors (Lipinski definition) is 1. The molecule has 3 atom stereocenters. The summed E-state index contributed by atoms with van der Waals surface area (Å²) in [6, 6.07) is 0.506. The van der Waals surface area contributed by atoms with Crippen molar-refractivity contribution in [3.8, 4) is 0 Å². The smallest absolute Gasteiger partial charge is 0.00674 e. The molecule has 2 rings (SSSR count). The quantitative estimate of drug-likeness (QED) is 0.775. The standard InChI is InChI=1S/C16H31N/c1-12(2)14-8-9-16(17)15(11-14)10-13-6-4-3-5-7-13/h12-16H,3-11,17H2,1-2H3. The van der Waals surface area contributed by atoms with Crippen LogP contribution in [0.4, 0.5) is 0 Å². The molecule has 0 aliphatic heterocycles. The molecule has 0 spiro atoms. The van der Waals surface area contributed by atoms with Gasteiger partial charge in [-0.25, -0.2) is 0 Å². The molecule has 2 saturated carbocycles. The molecular weight excluding hydrogens is 206 g/mol. The van der Waals surface area contributed by atoms with Crippen molar-refractivity contribution in [2.75, 3.05) is 0 Å². The molecule has 0 aromatic rings. The van der Waals surface area contributed by atoms with Crippen molar-refractivity contribution in [3.63, 3.8) is 0 Å². The average Bonchev–Trinajstić information content (AvgIpc) is 2.33. The second-order valence-corrected chi connectivity index (χ2v) is 6.98. The first-order valence-electron chi connectivity index (χ1n) is 7.92. The van der Waals surface area contributed by atoms with Gasteiger partial charge in [0.05, 0.1) is 0 Å². The van der Waals surface area contributed by atoms with E-state index in [1.165, 1.54) is 57.8 Å². The molecule has 0 aromatic heterocycles. The lowest BCUT2D eigenvalue weighted by Gasteiger charge is -2.38. The summed E-state index contributed by atoms with van der Waals surface area (Å²) in [6.07, 6.45) is 12.9. The molecule has 2 aliphatic rings. The summed E-state index contributed by atoms with van der Waals surface area (Å²) >= 11 is 0. The molecule has 2 fully saturated rings. The van der Waals surface area contributed by atoms with E-state index < -0.39 is 0 Å². The van der Waals surface area contributed by atoms with Crippen LogP contribution in [-0.2, 0) is 0 Å². The summed E-state index contributed by atoms with van der Waals surface area (Å²) in [5.74, 6) is 3.64. The highest BCUT2D eigenvalue weighted by atomic mass is 14.7. The van der Waals surface area contributed by atoms with Crippen molar-refractivity contribution in [1.82, 2.24) is 0 Å². The van der Waals surface area contributed by atoms with Gasteiger partial charge in [0, 0.05) is 6.04 Å². The van der Waals surface area contributed by atoms with E-state index in [9.17, 15) is 0 Å². The Bertz CT molecular complexity index is 218. The second kappa shape index (κ2) is 6.22. The van der Waals surface area contributed by atoms with Gasteiger partial charge < -0.3 is 5.73 Å². The Morgan fingerprint density at radius 3 is 2.35 bits per heavy atom. The van der Waals surface area contributed by atoms with Crippen LogP contribution in [0.15, 0.2) is 0 Å². The molecule has 0 amide bonds. The fourth-order valence-corrected chi connectivity index (χ4v) is 4.05. The molecule has 0 radical (unpaired) electrons. The molecule has 0 bridgehead atoms. The third-order valence-electron chi connectivity index (χ3n) is 5.39. The van der Waals surface area contributed by atoms with Crippen molar-refractivity contribution in [1.29, 1.82) is 0 Å². The highest BCUT2D eigenvalue weighted by Crippen LogP contribution is 2.38. The summed E-state index contributed by atoms with van der Waals surface area (Å²) < 4.78 is 0. The second-order valence-electron chi connectivity index (χ2n) is 6.98. The fraction of sp³-hybridized carbons (Fsp3) is 1.00. The third-order valence-corrected chi connectivity index (χ3v) is 5.39. The predicted octanol–water partition coefficient (Wildman–Crippen LogP) is 4.36. The molecule has 2 N–H and O–H groups in total. The molecule has 0 heterocycles. The molecule has 0 aromatic carbocycles. The number of rotatable bonds is 3. The maximum atomic E-state index is 6.36. The zero-order valence-electron chi connectivity index (χ0n) is 11.8. The lowest BCUT2D eigenvalue weighted by Crippen LogP contribution is -2.38. The van der Waals surface area contributed by atoms with Gasteiger partial charge in [-0.2, -0.15) is 0 Å². The van der Waals surface area contributed by atoms with Gasteiger partial charge >= 0.3 is 0 Å². The first-order valence-corrected chi connectivity index (χ1v) is 7.92. The maximum Gasteiger partial charge on any atom is 0.00674 e. The van der Waals surface area contributed by atoms with Crippen LogP contribution in [0.2, 0.25) is 0 Å². The highest BCUT2D eigenvalue weighted by Gasteiger charge is 2.31. The summed E-state index contributed by atoms with van der Waals surface area (Å²) in [6.45, 7) is 4.78. The largest absolute Gasteiger partial charge is 0.327 e. The van der Waals surface area contributed by atoms with Crippen LogP contribution in [0.3, 0.4) is 0 Å². The van der Waals surface area contributed by atoms with Gasteiger partial charge in [0.15, 0.2) is 0 Å². The van der Waals surface area contributed by atoms with Crippen LogP contribution >= 0.6 is 0 Å². The summed E-state index contributed by atoms with van der Waals surface area (Å²) in [4.78, 5) is 0. The van der Waals surface area contributed by atoms with Gasteiger partial charge in [-0.15, -0.1) is 0 Å². The Balaban J connectivity index is 1.84. The Kier molecular flexibility index (Phi) is 4.90. The van der Waals surface area contributed by atoms with E-state index in [1.54, 1.807) is 0 Å². The van der Waals surface area contributed by atoms with Gasteiger partial charge in [-0.1, -0.05) is 46.0 Å². The van der Waals surface area contributed by atoms with Gasteiger partial charge in [0.2, 0.25) is 0 Å². The lowest BCUT2D eigenvalue weighted by atomic mass is 9.70. The predicted molar refractivity (Wildman–Crippen MR) is 74.8 cm³/mol. The van der Waals surface area contributed by atoms with E-state index in [2.05, 4.69) is 13.8 Å². The van der Waals surface area contributed by atoms with Crippen LogP contribution in [-0.4, -0.2) is 6.04 Å². The first kappa shape index (κ1) is 13.4. The topological polar surface area (TPSA) is 26.0 Å². The molecule has 2 aliphatic carbocycles. The van der Waals surface area contributed by atoms with Crippen molar-refractivity contribution in [3.05, 3.63) is 0 Å². The zero-order chi connectivity index (χ0) is 12.3. The average molecular weight is 237 g/mol. The Morgan fingerprint density at radius 1 is 1.00 bits per heavy atom. The minimum Gasteiger partial charge on any atom is -0.327 e. The number of nitrogens with two attached hydrogens (primary N) is 1. The molecule has 0 saturated heterocycles. The van der Waals surface area contributed by atoms with Crippen molar-refractivity contribution < 1.29 is 0 Å². The Morgan fingerprint density at radius 2 is 1.71 bits per heavy atom. The van der Waals surface area contributed by atoms with Gasteiger partial charge in [-0.05, 0) is 49.4 Å². The van der Waals surface area contributed by atoms with Gasteiger partial charge in [0.1, 0.15) is 0 Å². The molecule has 100 valence electrons. The Hall–Kier alpha value is -0.0400. The van der Waals surface area contributed by atoms with E-state index in [0.717, 1.165) is 23.7 Å². The van der Waals surface area contributed by atoms with Gasteiger partial charge in [0.25, 0.3) is 0 Å². The summed E-state index contributed by atoms with van der Waals surface area (Å²) in [5, 5.41) is 0. The third kappa shape index (κ3) is 3.71. The first-order chi connectivity index (χ1) is 8.16. The van der Waals surface area contributed by atoms with Crippen molar-refractivity contribution in [2.45, 2.75) is 77.7 Å². The molecular formula is C16H31N. The lowest BCUT2D eigenvalue weighted by molar-refractivity contribution is 0.154. The van der Waals surface area contributed by atoms with E-state index in [1.807, 2.05) is 0 Å². The summed E-state index contributed by atoms with van der Waals surface area (Å²) in [5.41, 5.74) is 6.36. The molecule has 17 heavy (non-hydrogen) atoms. The number of hydrogen-bond donors (Lipinski definition) is 1. The van der Waals surface area contributed by atoms with Crippen molar-refractivity contribution in [2.24, 2.45) is 29.4 Å². The highest BCUT2D eigenvalue weighted by molar-refractivity contribution is 4.85. The minimum absolute atomic E-state index is 0.506. The monoisotopic (exact) mass is 237 g/mol. The van der Waals surface area contributed by atoms with Crippen LogP contribution < -0.4 is 5.73 Å². The van der Waals surface area contributed by atoms with Crippen LogP contribution in [0.1, 0.15) is 71.6 Å². The van der Waals surface area contributed by atoms with Crippen LogP contribution in [0.25, 0.3) is 0 Å². The van der Waals surface area contributed by atoms with E-state index in [0.29, 0.717) is 6.04 Å². The van der Waals surface area contributed by atoms with Gasteiger partial charge in [-0.3, -0.25) is 0 Å². The van der Waals surface area contributed by atoms with Crippen LogP contribution in [0, 0.1) is 23.7 Å². The fourth-order valence-electron chi connectivity index (χ4n) is 4.05. The van der Waals surface area contributed by atoms with E-state index in [4.69, 9.17) is 5.73 Å². The zero-order valence-corrected chi connectivity index (χ0v) is 11.8. The SMILES string of the molecule is CC(C)C1CCC(N)C(CC2CCCCC2)C1. The van der Waals surface area contributed by atoms with E-state index in [-0.39, 0.29) is 0 Å². The normalized spacial score (nSPS) is 36.4. The molecule has 1 nitrogen and oxygen atoms in total. The van der Waals surface area contributed by atoms with E-state index >= 15 is 0 Å². The van der Waals surface area contributed by atoms with Crippen LogP contribution in [0.5, 0.6) is 0 Å². The minimum atomic E-state index is 0.506. The molecule has 1 heteroatoms. The Labute approximate surface area is 108 Å². The van der Waals surface area contributed by atoms with Crippen molar-refractivity contribution >= 4 is 0 Å². The summed E-state index contributed by atoms with van der Waals surface area (Å²) in [7, 11) is 0.